The van der Waals surface area contributed by atoms with Crippen LogP contribution in [0.15, 0.2) is 36.8 Å². The Morgan fingerprint density at radius 3 is 2.51 bits per heavy atom. The fourth-order valence-electron chi connectivity index (χ4n) is 3.21. The van der Waals surface area contributed by atoms with Gasteiger partial charge in [0.1, 0.15) is 12.1 Å². The predicted molar refractivity (Wildman–Crippen MR) is 110 cm³/mol. The van der Waals surface area contributed by atoms with E-state index in [0.29, 0.717) is 6.07 Å². The normalized spacial score (nSPS) is 13.1. The van der Waals surface area contributed by atoms with Crippen molar-refractivity contribution in [2.75, 3.05) is 11.9 Å². The van der Waals surface area contributed by atoms with Crippen LogP contribution in [0.2, 0.25) is 0 Å². The van der Waals surface area contributed by atoms with Crippen molar-refractivity contribution in [1.82, 2.24) is 19.7 Å². The summed E-state index contributed by atoms with van der Waals surface area (Å²) in [5, 5.41) is 6.17. The first-order chi connectivity index (χ1) is 16.3. The lowest BCUT2D eigenvalue weighted by atomic mass is 10.0. The molecule has 188 valence electrons. The van der Waals surface area contributed by atoms with Crippen LogP contribution in [0.1, 0.15) is 36.2 Å². The molecule has 1 atom stereocenters. The maximum Gasteiger partial charge on any atom is 0.419 e. The van der Waals surface area contributed by atoms with E-state index >= 15 is 0 Å². The van der Waals surface area contributed by atoms with E-state index in [1.807, 2.05) is 0 Å². The average molecular weight is 504 g/mol. The van der Waals surface area contributed by atoms with Gasteiger partial charge in [-0.3, -0.25) is 4.79 Å². The van der Waals surface area contributed by atoms with Gasteiger partial charge in [0, 0.05) is 18.4 Å². The van der Waals surface area contributed by atoms with Gasteiger partial charge in [-0.25, -0.2) is 27.5 Å². The molecule has 3 N–H and O–H groups in total. The van der Waals surface area contributed by atoms with Crippen LogP contribution in [0.5, 0.6) is 0 Å². The monoisotopic (exact) mass is 504 g/mol. The zero-order chi connectivity index (χ0) is 26.0. The van der Waals surface area contributed by atoms with Gasteiger partial charge in [-0.2, -0.15) is 17.9 Å². The Labute approximate surface area is 194 Å². The molecule has 1 amide bonds. The Morgan fingerprint density at radius 1 is 1.17 bits per heavy atom. The molecule has 2 aromatic heterocycles. The first kappa shape index (κ1) is 26.1. The number of rotatable bonds is 8. The summed E-state index contributed by atoms with van der Waals surface area (Å²) in [6, 6.07) is 3.40. The van der Waals surface area contributed by atoms with E-state index < -0.39 is 66.1 Å². The largest absolute Gasteiger partial charge is 0.419 e. The lowest BCUT2D eigenvalue weighted by molar-refractivity contribution is -0.140. The van der Waals surface area contributed by atoms with Gasteiger partial charge < -0.3 is 11.1 Å². The van der Waals surface area contributed by atoms with Gasteiger partial charge >= 0.3 is 6.18 Å². The second-order valence-electron chi connectivity index (χ2n) is 7.74. The van der Waals surface area contributed by atoms with Crippen molar-refractivity contribution in [1.29, 1.82) is 0 Å². The molecule has 14 heteroatoms. The number of nitrogens with zero attached hydrogens (tertiary/aromatic N) is 4. The molecular formula is C21H19F7N6O. The fourth-order valence-corrected chi connectivity index (χ4v) is 3.21. The number of amides is 1. The van der Waals surface area contributed by atoms with Crippen LogP contribution in [0.4, 0.5) is 36.4 Å². The minimum absolute atomic E-state index is 0.0137. The second-order valence-corrected chi connectivity index (χ2v) is 7.74. The molecule has 0 aliphatic carbocycles. The summed E-state index contributed by atoms with van der Waals surface area (Å²) in [5.41, 5.74) is 2.87. The number of carbonyl (C=O) groups excluding carboxylic acids is 1. The van der Waals surface area contributed by atoms with E-state index in [-0.39, 0.29) is 17.3 Å². The molecule has 0 fully saturated rings. The minimum Gasteiger partial charge on any atom is -0.325 e. The smallest absolute Gasteiger partial charge is 0.325 e. The second kappa shape index (κ2) is 9.98. The highest BCUT2D eigenvalue weighted by atomic mass is 19.4. The summed E-state index contributed by atoms with van der Waals surface area (Å²) in [6.07, 6.45) is -4.17. The highest BCUT2D eigenvalue weighted by Crippen LogP contribution is 2.32. The summed E-state index contributed by atoms with van der Waals surface area (Å²) in [4.78, 5) is 19.9. The number of carbonyl (C=O) groups is 1. The molecule has 0 saturated carbocycles. The maximum atomic E-state index is 14.6. The summed E-state index contributed by atoms with van der Waals surface area (Å²) in [5.74, 6) is -7.68. The predicted octanol–water partition coefficient (Wildman–Crippen LogP) is 4.23. The highest BCUT2D eigenvalue weighted by molar-refractivity contribution is 5.92. The molecule has 0 unspecified atom stereocenters. The molecule has 3 aromatic rings. The standard InChI is InChI=1S/C21H19F7N6O/c1-11(7-20(24,25)9-29)18-31-10-34(33-18)19-15(22)6-13(8-30-19)32-16(35)5-12-3-2-4-14(17(12)23)21(26,27)28/h2-4,6,8,10-11H,5,7,9,29H2,1H3,(H,32,35)/t11-/m0/s1. The van der Waals surface area contributed by atoms with Gasteiger partial charge in [0.25, 0.3) is 5.92 Å². The van der Waals surface area contributed by atoms with Crippen molar-refractivity contribution in [2.24, 2.45) is 5.73 Å². The Bertz CT molecular complexity index is 1210. The molecular weight excluding hydrogens is 485 g/mol. The molecule has 3 rings (SSSR count). The van der Waals surface area contributed by atoms with Gasteiger partial charge in [-0.05, 0) is 11.6 Å². The Balaban J connectivity index is 1.71. The van der Waals surface area contributed by atoms with Gasteiger partial charge in [0.05, 0.1) is 30.4 Å². The lowest BCUT2D eigenvalue weighted by Crippen LogP contribution is -2.29. The zero-order valence-corrected chi connectivity index (χ0v) is 18.1. The van der Waals surface area contributed by atoms with Crippen LogP contribution in [0.3, 0.4) is 0 Å². The van der Waals surface area contributed by atoms with E-state index in [2.05, 4.69) is 20.4 Å². The van der Waals surface area contributed by atoms with Gasteiger partial charge in [-0.1, -0.05) is 19.1 Å². The number of nitrogens with two attached hydrogens (primary N) is 1. The third kappa shape index (κ3) is 6.32. The number of aromatic nitrogens is 4. The molecule has 0 aliphatic heterocycles. The van der Waals surface area contributed by atoms with Gasteiger partial charge in [-0.15, -0.1) is 5.10 Å². The molecule has 0 bridgehead atoms. The summed E-state index contributed by atoms with van der Waals surface area (Å²) < 4.78 is 95.1. The Kier molecular flexibility index (Phi) is 7.43. The zero-order valence-electron chi connectivity index (χ0n) is 18.1. The molecule has 2 heterocycles. The van der Waals surface area contributed by atoms with E-state index in [4.69, 9.17) is 5.73 Å². The minimum atomic E-state index is -4.93. The van der Waals surface area contributed by atoms with Crippen LogP contribution in [0, 0.1) is 11.6 Å². The van der Waals surface area contributed by atoms with Crippen LogP contribution < -0.4 is 11.1 Å². The van der Waals surface area contributed by atoms with Crippen molar-refractivity contribution >= 4 is 11.6 Å². The van der Waals surface area contributed by atoms with Crippen LogP contribution in [-0.2, 0) is 17.4 Å². The van der Waals surface area contributed by atoms with Crippen molar-refractivity contribution < 1.29 is 35.5 Å². The quantitative estimate of drug-likeness (QED) is 0.448. The third-order valence-electron chi connectivity index (χ3n) is 4.91. The van der Waals surface area contributed by atoms with Crippen molar-refractivity contribution in [3.63, 3.8) is 0 Å². The lowest BCUT2D eigenvalue weighted by Gasteiger charge is -2.16. The number of pyridine rings is 1. The third-order valence-corrected chi connectivity index (χ3v) is 4.91. The Hall–Kier alpha value is -3.55. The van der Waals surface area contributed by atoms with Crippen LogP contribution in [0.25, 0.3) is 5.82 Å². The summed E-state index contributed by atoms with van der Waals surface area (Å²) in [7, 11) is 0. The number of anilines is 1. The number of hydrogen-bond acceptors (Lipinski definition) is 5. The molecule has 0 aliphatic rings. The molecule has 35 heavy (non-hydrogen) atoms. The molecule has 1 aromatic carbocycles. The summed E-state index contributed by atoms with van der Waals surface area (Å²) >= 11 is 0. The van der Waals surface area contributed by atoms with Gasteiger partial charge in [0.15, 0.2) is 17.5 Å². The molecule has 0 saturated heterocycles. The first-order valence-electron chi connectivity index (χ1n) is 10.1. The number of benzene rings is 1. The number of hydrogen-bond donors (Lipinski definition) is 2. The number of halogens is 7. The van der Waals surface area contributed by atoms with Gasteiger partial charge in [0.2, 0.25) is 5.91 Å². The topological polar surface area (TPSA) is 98.7 Å². The summed E-state index contributed by atoms with van der Waals surface area (Å²) in [6.45, 7) is 0.612. The van der Waals surface area contributed by atoms with E-state index in [0.717, 1.165) is 35.4 Å². The average Bonchev–Trinajstić information content (AvgIpc) is 3.24. The Morgan fingerprint density at radius 2 is 1.89 bits per heavy atom. The highest BCUT2D eigenvalue weighted by Gasteiger charge is 2.35. The van der Waals surface area contributed by atoms with Crippen LogP contribution in [-0.4, -0.2) is 38.1 Å². The first-order valence-corrected chi connectivity index (χ1v) is 10.1. The van der Waals surface area contributed by atoms with E-state index in [1.54, 1.807) is 0 Å². The number of alkyl halides is 5. The van der Waals surface area contributed by atoms with Crippen molar-refractivity contribution in [3.8, 4) is 5.82 Å². The fraction of sp³-hybridized carbons (Fsp3) is 0.333. The SMILES string of the molecule is C[C@@H](CC(F)(F)CN)c1ncn(-c2ncc(NC(=O)Cc3cccc(C(F)(F)F)c3F)cc2F)n1. The molecule has 7 nitrogen and oxygen atoms in total. The maximum absolute atomic E-state index is 14.6. The van der Waals surface area contributed by atoms with Crippen LogP contribution >= 0.6 is 0 Å². The van der Waals surface area contributed by atoms with E-state index in [1.165, 1.54) is 6.92 Å². The van der Waals surface area contributed by atoms with Crippen molar-refractivity contribution in [3.05, 3.63) is 65.4 Å². The van der Waals surface area contributed by atoms with Crippen molar-refractivity contribution in [2.45, 2.75) is 37.8 Å². The van der Waals surface area contributed by atoms with E-state index in [9.17, 15) is 35.5 Å². The number of nitrogens with one attached hydrogen (secondary N) is 1. The molecule has 0 radical (unpaired) electrons. The molecule has 0 spiro atoms.